The fourth-order valence-corrected chi connectivity index (χ4v) is 1.90. The number of pyridine rings is 1. The van der Waals surface area contributed by atoms with Gasteiger partial charge in [0, 0.05) is 24.4 Å². The molecule has 1 amide bonds. The Morgan fingerprint density at radius 3 is 2.71 bits per heavy atom. The third kappa shape index (κ3) is 4.21. The molecule has 0 saturated heterocycles. The second-order valence-electron chi connectivity index (χ2n) is 4.44. The number of rotatable bonds is 6. The van der Waals surface area contributed by atoms with Crippen LogP contribution in [0.25, 0.3) is 0 Å². The SMILES string of the molecule is COc1ccc(NC(=O)CCc2ccccn2)c(OC)c1. The predicted molar refractivity (Wildman–Crippen MR) is 80.7 cm³/mol. The number of hydrogen-bond donors (Lipinski definition) is 1. The van der Waals surface area contributed by atoms with E-state index < -0.39 is 0 Å². The van der Waals surface area contributed by atoms with Crippen molar-refractivity contribution in [1.82, 2.24) is 4.98 Å². The molecule has 2 aromatic rings. The van der Waals surface area contributed by atoms with Crippen molar-refractivity contribution in [3.63, 3.8) is 0 Å². The van der Waals surface area contributed by atoms with Crippen LogP contribution in [0.15, 0.2) is 42.6 Å². The molecule has 0 radical (unpaired) electrons. The minimum absolute atomic E-state index is 0.0795. The third-order valence-electron chi connectivity index (χ3n) is 3.02. The van der Waals surface area contributed by atoms with Crippen LogP contribution in [0.2, 0.25) is 0 Å². The van der Waals surface area contributed by atoms with Crippen LogP contribution >= 0.6 is 0 Å². The summed E-state index contributed by atoms with van der Waals surface area (Å²) >= 11 is 0. The summed E-state index contributed by atoms with van der Waals surface area (Å²) in [5, 5.41) is 2.84. The molecule has 1 N–H and O–H groups in total. The Balaban J connectivity index is 1.96. The summed E-state index contributed by atoms with van der Waals surface area (Å²) in [6, 6.07) is 10.9. The van der Waals surface area contributed by atoms with Crippen LogP contribution in [-0.4, -0.2) is 25.1 Å². The fourth-order valence-electron chi connectivity index (χ4n) is 1.90. The smallest absolute Gasteiger partial charge is 0.224 e. The summed E-state index contributed by atoms with van der Waals surface area (Å²) in [4.78, 5) is 16.2. The molecule has 5 nitrogen and oxygen atoms in total. The Labute approximate surface area is 123 Å². The third-order valence-corrected chi connectivity index (χ3v) is 3.02. The Hall–Kier alpha value is -2.56. The number of hydrogen-bond acceptors (Lipinski definition) is 4. The maximum absolute atomic E-state index is 12.0. The van der Waals surface area contributed by atoms with Crippen LogP contribution in [0, 0.1) is 0 Å². The Kier molecular flexibility index (Phi) is 5.15. The molecule has 0 atom stereocenters. The topological polar surface area (TPSA) is 60.5 Å². The first kappa shape index (κ1) is 14.8. The fraction of sp³-hybridized carbons (Fsp3) is 0.250. The lowest BCUT2D eigenvalue weighted by Crippen LogP contribution is -2.13. The van der Waals surface area contributed by atoms with E-state index in [-0.39, 0.29) is 5.91 Å². The number of nitrogens with one attached hydrogen (secondary N) is 1. The average molecular weight is 286 g/mol. The molecule has 0 fully saturated rings. The first-order valence-electron chi connectivity index (χ1n) is 6.64. The second kappa shape index (κ2) is 7.28. The van der Waals surface area contributed by atoms with Gasteiger partial charge in [-0.15, -0.1) is 0 Å². The van der Waals surface area contributed by atoms with Gasteiger partial charge in [0.25, 0.3) is 0 Å². The molecule has 0 unspecified atom stereocenters. The summed E-state index contributed by atoms with van der Waals surface area (Å²) in [6.07, 6.45) is 2.69. The number of benzene rings is 1. The van der Waals surface area contributed by atoms with Gasteiger partial charge in [-0.1, -0.05) is 6.07 Å². The van der Waals surface area contributed by atoms with Crippen LogP contribution < -0.4 is 14.8 Å². The van der Waals surface area contributed by atoms with Crippen molar-refractivity contribution in [2.24, 2.45) is 0 Å². The van der Waals surface area contributed by atoms with E-state index in [0.717, 1.165) is 5.69 Å². The van der Waals surface area contributed by atoms with Gasteiger partial charge < -0.3 is 14.8 Å². The number of ether oxygens (including phenoxy) is 2. The van der Waals surface area contributed by atoms with Crippen LogP contribution in [0.4, 0.5) is 5.69 Å². The van der Waals surface area contributed by atoms with Gasteiger partial charge >= 0.3 is 0 Å². The standard InChI is InChI=1S/C16H18N2O3/c1-20-13-7-8-14(15(11-13)21-2)18-16(19)9-6-12-5-3-4-10-17-12/h3-5,7-8,10-11H,6,9H2,1-2H3,(H,18,19). The highest BCUT2D eigenvalue weighted by Crippen LogP contribution is 2.29. The van der Waals surface area contributed by atoms with Crippen molar-refractivity contribution in [1.29, 1.82) is 0 Å². The zero-order chi connectivity index (χ0) is 15.1. The van der Waals surface area contributed by atoms with Gasteiger partial charge in [-0.2, -0.15) is 0 Å². The molecule has 110 valence electrons. The lowest BCUT2D eigenvalue weighted by Gasteiger charge is -2.11. The normalized spacial score (nSPS) is 10.0. The number of anilines is 1. The van der Waals surface area contributed by atoms with Gasteiger partial charge in [0.2, 0.25) is 5.91 Å². The molecular formula is C16H18N2O3. The van der Waals surface area contributed by atoms with Gasteiger partial charge in [0.05, 0.1) is 19.9 Å². The largest absolute Gasteiger partial charge is 0.497 e. The van der Waals surface area contributed by atoms with Crippen LogP contribution in [0.3, 0.4) is 0 Å². The predicted octanol–water partition coefficient (Wildman–Crippen LogP) is 2.67. The number of aromatic nitrogens is 1. The van der Waals surface area contributed by atoms with E-state index in [1.807, 2.05) is 18.2 Å². The quantitative estimate of drug-likeness (QED) is 0.887. The minimum Gasteiger partial charge on any atom is -0.497 e. The minimum atomic E-state index is -0.0795. The van der Waals surface area contributed by atoms with Crippen LogP contribution in [0.5, 0.6) is 11.5 Å². The highest BCUT2D eigenvalue weighted by atomic mass is 16.5. The zero-order valence-corrected chi connectivity index (χ0v) is 12.1. The molecule has 5 heteroatoms. The van der Waals surface area contributed by atoms with Crippen molar-refractivity contribution < 1.29 is 14.3 Å². The number of carbonyl (C=O) groups excluding carboxylic acids is 1. The molecule has 2 rings (SSSR count). The molecule has 0 aliphatic rings. The molecule has 0 aliphatic carbocycles. The molecule has 1 heterocycles. The number of nitrogens with zero attached hydrogens (tertiary/aromatic N) is 1. The monoisotopic (exact) mass is 286 g/mol. The van der Waals surface area contributed by atoms with Crippen molar-refractivity contribution in [2.45, 2.75) is 12.8 Å². The first-order valence-corrected chi connectivity index (χ1v) is 6.64. The Morgan fingerprint density at radius 1 is 1.19 bits per heavy atom. The van der Waals surface area contributed by atoms with E-state index in [2.05, 4.69) is 10.3 Å². The van der Waals surface area contributed by atoms with E-state index >= 15 is 0 Å². The number of amides is 1. The lowest BCUT2D eigenvalue weighted by molar-refractivity contribution is -0.116. The zero-order valence-electron chi connectivity index (χ0n) is 12.1. The molecule has 21 heavy (non-hydrogen) atoms. The molecule has 0 saturated carbocycles. The molecule has 1 aromatic heterocycles. The number of carbonyl (C=O) groups is 1. The summed E-state index contributed by atoms with van der Waals surface area (Å²) in [5.41, 5.74) is 1.53. The van der Waals surface area contributed by atoms with E-state index in [0.29, 0.717) is 30.0 Å². The lowest BCUT2D eigenvalue weighted by atomic mass is 10.2. The van der Waals surface area contributed by atoms with Crippen molar-refractivity contribution in [3.8, 4) is 11.5 Å². The number of aryl methyl sites for hydroxylation is 1. The molecule has 0 aliphatic heterocycles. The summed E-state index contributed by atoms with van der Waals surface area (Å²) in [5.74, 6) is 1.17. The molecular weight excluding hydrogens is 268 g/mol. The number of methoxy groups -OCH3 is 2. The summed E-state index contributed by atoms with van der Waals surface area (Å²) in [6.45, 7) is 0. The molecule has 0 spiro atoms. The Bertz CT molecular complexity index is 600. The maximum Gasteiger partial charge on any atom is 0.224 e. The van der Waals surface area contributed by atoms with Crippen LogP contribution in [0.1, 0.15) is 12.1 Å². The molecule has 1 aromatic carbocycles. The van der Waals surface area contributed by atoms with E-state index in [9.17, 15) is 4.79 Å². The first-order chi connectivity index (χ1) is 10.2. The maximum atomic E-state index is 12.0. The second-order valence-corrected chi connectivity index (χ2v) is 4.44. The van der Waals surface area contributed by atoms with Crippen molar-refractivity contribution in [3.05, 3.63) is 48.3 Å². The highest BCUT2D eigenvalue weighted by molar-refractivity contribution is 5.92. The van der Waals surface area contributed by atoms with Gasteiger partial charge in [-0.3, -0.25) is 9.78 Å². The van der Waals surface area contributed by atoms with Crippen molar-refractivity contribution >= 4 is 11.6 Å². The van der Waals surface area contributed by atoms with Crippen LogP contribution in [-0.2, 0) is 11.2 Å². The van der Waals surface area contributed by atoms with Gasteiger partial charge in [-0.05, 0) is 30.7 Å². The molecule has 0 bridgehead atoms. The van der Waals surface area contributed by atoms with E-state index in [1.165, 1.54) is 0 Å². The highest BCUT2D eigenvalue weighted by Gasteiger charge is 2.09. The van der Waals surface area contributed by atoms with E-state index in [1.54, 1.807) is 38.6 Å². The van der Waals surface area contributed by atoms with E-state index in [4.69, 9.17) is 9.47 Å². The van der Waals surface area contributed by atoms with Gasteiger partial charge in [-0.25, -0.2) is 0 Å². The summed E-state index contributed by atoms with van der Waals surface area (Å²) in [7, 11) is 3.14. The Morgan fingerprint density at radius 2 is 2.05 bits per heavy atom. The average Bonchev–Trinajstić information content (AvgIpc) is 2.54. The van der Waals surface area contributed by atoms with Gasteiger partial charge in [0.1, 0.15) is 11.5 Å². The summed E-state index contributed by atoms with van der Waals surface area (Å²) < 4.78 is 10.4. The van der Waals surface area contributed by atoms with Gasteiger partial charge in [0.15, 0.2) is 0 Å². The van der Waals surface area contributed by atoms with Crippen molar-refractivity contribution in [2.75, 3.05) is 19.5 Å².